The summed E-state index contributed by atoms with van der Waals surface area (Å²) >= 11 is 1.10. The molecule has 7 nitrogen and oxygen atoms in total. The van der Waals surface area contributed by atoms with E-state index in [0.29, 0.717) is 21.9 Å². The Morgan fingerprint density at radius 3 is 2.41 bits per heavy atom. The van der Waals surface area contributed by atoms with Gasteiger partial charge in [-0.1, -0.05) is 41.6 Å². The van der Waals surface area contributed by atoms with E-state index >= 15 is 0 Å². The van der Waals surface area contributed by atoms with E-state index in [-0.39, 0.29) is 28.6 Å². The van der Waals surface area contributed by atoms with Gasteiger partial charge in [-0.3, -0.25) is 4.79 Å². The van der Waals surface area contributed by atoms with Gasteiger partial charge in [0.25, 0.3) is 0 Å². The molecule has 1 aromatic heterocycles. The van der Waals surface area contributed by atoms with Crippen molar-refractivity contribution >= 4 is 29.2 Å². The predicted molar refractivity (Wildman–Crippen MR) is 125 cm³/mol. The molecule has 0 atom stereocenters. The molecule has 160 valence electrons. The molecule has 0 radical (unpaired) electrons. The number of hydrogen-bond acceptors (Lipinski definition) is 7. The highest BCUT2D eigenvalue weighted by atomic mass is 32.2. The Bertz CT molecular complexity index is 1260. The van der Waals surface area contributed by atoms with Crippen LogP contribution in [0, 0.1) is 36.5 Å². The number of ether oxygens (including phenoxy) is 1. The molecule has 8 heteroatoms. The van der Waals surface area contributed by atoms with Crippen LogP contribution >= 0.6 is 11.8 Å². The molecule has 0 saturated carbocycles. The number of nitrogens with one attached hydrogen (secondary N) is 1. The first-order chi connectivity index (χ1) is 15.4. The Labute approximate surface area is 190 Å². The summed E-state index contributed by atoms with van der Waals surface area (Å²) in [6, 6.07) is 16.9. The Morgan fingerprint density at radius 2 is 1.81 bits per heavy atom. The molecular weight excluding hydrogens is 422 g/mol. The Kier molecular flexibility index (Phi) is 6.99. The van der Waals surface area contributed by atoms with E-state index in [1.807, 2.05) is 38.1 Å². The standard InChI is InChI=1S/C24H21N5O2S/c1-14-4-9-20(15(2)10-14)28-21(30)13-32-24-19(12-26)22(18(11-25)23(27)29-24)16-5-7-17(31-3)8-6-16/h4-10H,13H2,1-3H3,(H2,27,29)(H,28,30). The molecule has 0 aliphatic carbocycles. The second kappa shape index (κ2) is 9.86. The molecule has 3 aromatic rings. The first kappa shape index (κ1) is 22.7. The number of nitriles is 2. The zero-order valence-electron chi connectivity index (χ0n) is 17.9. The van der Waals surface area contributed by atoms with Crippen molar-refractivity contribution in [2.45, 2.75) is 18.9 Å². The van der Waals surface area contributed by atoms with Crippen LogP contribution in [0.4, 0.5) is 11.5 Å². The van der Waals surface area contributed by atoms with Gasteiger partial charge in [-0.15, -0.1) is 0 Å². The summed E-state index contributed by atoms with van der Waals surface area (Å²) < 4.78 is 5.18. The molecule has 1 amide bonds. The number of benzene rings is 2. The topological polar surface area (TPSA) is 125 Å². The highest BCUT2D eigenvalue weighted by Crippen LogP contribution is 2.36. The molecule has 3 rings (SSSR count). The maximum absolute atomic E-state index is 12.5. The highest BCUT2D eigenvalue weighted by Gasteiger charge is 2.21. The number of thioether (sulfide) groups is 1. The second-order valence-corrected chi connectivity index (χ2v) is 8.00. The maximum atomic E-state index is 12.5. The zero-order valence-corrected chi connectivity index (χ0v) is 18.7. The van der Waals surface area contributed by atoms with Crippen molar-refractivity contribution in [1.29, 1.82) is 10.5 Å². The molecule has 2 aromatic carbocycles. The molecule has 3 N–H and O–H groups in total. The van der Waals surface area contributed by atoms with Crippen molar-refractivity contribution in [3.63, 3.8) is 0 Å². The van der Waals surface area contributed by atoms with Gasteiger partial charge < -0.3 is 15.8 Å². The van der Waals surface area contributed by atoms with Gasteiger partial charge in [0.05, 0.1) is 18.4 Å². The quantitative estimate of drug-likeness (QED) is 0.540. The Morgan fingerprint density at radius 1 is 1.12 bits per heavy atom. The number of carbonyl (C=O) groups is 1. The minimum absolute atomic E-state index is 0.00889. The monoisotopic (exact) mass is 443 g/mol. The number of nitrogens with two attached hydrogens (primary N) is 1. The molecule has 0 spiro atoms. The third-order valence-electron chi connectivity index (χ3n) is 4.79. The van der Waals surface area contributed by atoms with Crippen LogP contribution in [0.3, 0.4) is 0 Å². The summed E-state index contributed by atoms with van der Waals surface area (Å²) in [6.45, 7) is 3.91. The number of anilines is 2. The van der Waals surface area contributed by atoms with E-state index in [0.717, 1.165) is 28.6 Å². The van der Waals surface area contributed by atoms with Gasteiger partial charge in [0.15, 0.2) is 0 Å². The number of rotatable bonds is 6. The Balaban J connectivity index is 1.91. The average molecular weight is 444 g/mol. The fourth-order valence-electron chi connectivity index (χ4n) is 3.22. The summed E-state index contributed by atoms with van der Waals surface area (Å²) in [5.74, 6) is 0.448. The van der Waals surface area contributed by atoms with E-state index in [9.17, 15) is 15.3 Å². The number of aromatic nitrogens is 1. The highest BCUT2D eigenvalue weighted by molar-refractivity contribution is 8.00. The smallest absolute Gasteiger partial charge is 0.234 e. The fraction of sp³-hybridized carbons (Fsp3) is 0.167. The SMILES string of the molecule is COc1ccc(-c2c(C#N)c(N)nc(SCC(=O)Nc3ccc(C)cc3C)c2C#N)cc1. The Hall–Kier alpha value is -4.01. The lowest BCUT2D eigenvalue weighted by atomic mass is 9.97. The van der Waals surface area contributed by atoms with Gasteiger partial charge in [0, 0.05) is 11.3 Å². The molecule has 0 aliphatic rings. The summed E-state index contributed by atoms with van der Waals surface area (Å²) in [6.07, 6.45) is 0. The molecule has 0 fully saturated rings. The normalized spacial score (nSPS) is 10.2. The van der Waals surface area contributed by atoms with Crippen LogP contribution in [-0.4, -0.2) is 23.8 Å². The van der Waals surface area contributed by atoms with Crippen LogP contribution in [0.5, 0.6) is 5.75 Å². The van der Waals surface area contributed by atoms with Gasteiger partial charge in [-0.05, 0) is 43.2 Å². The number of pyridine rings is 1. The number of hydrogen-bond donors (Lipinski definition) is 2. The minimum Gasteiger partial charge on any atom is -0.497 e. The van der Waals surface area contributed by atoms with Crippen molar-refractivity contribution < 1.29 is 9.53 Å². The van der Waals surface area contributed by atoms with Gasteiger partial charge in [-0.25, -0.2) is 4.98 Å². The molecule has 32 heavy (non-hydrogen) atoms. The van der Waals surface area contributed by atoms with Crippen LogP contribution in [-0.2, 0) is 4.79 Å². The van der Waals surface area contributed by atoms with E-state index < -0.39 is 0 Å². The number of methoxy groups -OCH3 is 1. The summed E-state index contributed by atoms with van der Waals surface area (Å²) in [4.78, 5) is 16.7. The molecule has 0 bridgehead atoms. The third kappa shape index (κ3) is 4.83. The molecular formula is C24H21N5O2S. The van der Waals surface area contributed by atoms with Crippen molar-refractivity contribution in [2.75, 3.05) is 23.9 Å². The van der Waals surface area contributed by atoms with Gasteiger partial charge in [0.1, 0.15) is 34.3 Å². The zero-order chi connectivity index (χ0) is 23.3. The fourth-order valence-corrected chi connectivity index (χ4v) is 4.02. The molecule has 1 heterocycles. The number of carbonyl (C=O) groups excluding carboxylic acids is 1. The first-order valence-electron chi connectivity index (χ1n) is 9.66. The van der Waals surface area contributed by atoms with E-state index in [1.165, 1.54) is 0 Å². The van der Waals surface area contributed by atoms with Crippen LogP contribution in [0.2, 0.25) is 0 Å². The molecule has 0 unspecified atom stereocenters. The second-order valence-electron chi connectivity index (χ2n) is 7.03. The number of nitrogen functional groups attached to an aromatic ring is 1. The molecule has 0 aliphatic heterocycles. The van der Waals surface area contributed by atoms with Crippen molar-refractivity contribution in [3.8, 4) is 29.0 Å². The molecule has 0 saturated heterocycles. The summed E-state index contributed by atoms with van der Waals surface area (Å²) in [7, 11) is 1.55. The lowest BCUT2D eigenvalue weighted by Crippen LogP contribution is -2.15. The van der Waals surface area contributed by atoms with Gasteiger partial charge >= 0.3 is 0 Å². The van der Waals surface area contributed by atoms with Gasteiger partial charge in [0.2, 0.25) is 5.91 Å². The van der Waals surface area contributed by atoms with Crippen LogP contribution < -0.4 is 15.8 Å². The number of nitrogens with zero attached hydrogens (tertiary/aromatic N) is 3. The number of aryl methyl sites for hydroxylation is 2. The van der Waals surface area contributed by atoms with Gasteiger partial charge in [-0.2, -0.15) is 10.5 Å². The van der Waals surface area contributed by atoms with Crippen molar-refractivity contribution in [3.05, 3.63) is 64.7 Å². The third-order valence-corrected chi connectivity index (χ3v) is 5.77. The minimum atomic E-state index is -0.235. The maximum Gasteiger partial charge on any atom is 0.234 e. The first-order valence-corrected chi connectivity index (χ1v) is 10.6. The lowest BCUT2D eigenvalue weighted by molar-refractivity contribution is -0.113. The van der Waals surface area contributed by atoms with Crippen LogP contribution in [0.25, 0.3) is 11.1 Å². The van der Waals surface area contributed by atoms with Crippen molar-refractivity contribution in [1.82, 2.24) is 4.98 Å². The van der Waals surface area contributed by atoms with E-state index in [1.54, 1.807) is 31.4 Å². The predicted octanol–water partition coefficient (Wildman–Crippen LogP) is 4.43. The summed E-state index contributed by atoms with van der Waals surface area (Å²) in [5.41, 5.74) is 10.2. The number of amides is 1. The lowest BCUT2D eigenvalue weighted by Gasteiger charge is -2.13. The van der Waals surface area contributed by atoms with E-state index in [2.05, 4.69) is 16.4 Å². The van der Waals surface area contributed by atoms with E-state index in [4.69, 9.17) is 10.5 Å². The van der Waals surface area contributed by atoms with Crippen molar-refractivity contribution in [2.24, 2.45) is 0 Å². The summed E-state index contributed by atoms with van der Waals surface area (Å²) in [5, 5.41) is 22.7. The van der Waals surface area contributed by atoms with Crippen LogP contribution in [0.15, 0.2) is 47.5 Å². The van der Waals surface area contributed by atoms with Crippen LogP contribution in [0.1, 0.15) is 22.3 Å². The largest absolute Gasteiger partial charge is 0.497 e. The average Bonchev–Trinajstić information content (AvgIpc) is 2.79.